The molecule has 3 fully saturated rings. The first-order valence-corrected chi connectivity index (χ1v) is 15.8. The number of hydrogen-bond donors (Lipinski definition) is 1. The number of halogens is 7. The standard InChI is InChI=1S/C34H23Cl2F5N2O7/c1-49-18-10-14(44)11-19(50-2)21(18)22-15-8-9-16-20(30(46)42(29(16)45)13-6-4-3-5-7-13)17(15)12-33(35)31(47)43(32(48)34(22,33)36)28-26(40)24(38)23(37)25(39)27(28)41/h3-8,10-11,16-17,20,22,44H,9,12H2,1-2H3/t16-,17+,20-,22+,33+,34-/m0/s1. The number of alkyl halides is 2. The number of fused-ring (bicyclic) bond motifs is 4. The average molecular weight is 737 g/mol. The van der Waals surface area contributed by atoms with E-state index in [0.717, 1.165) is 17.0 Å². The summed E-state index contributed by atoms with van der Waals surface area (Å²) in [6.07, 6.45) is 0.805. The maximum Gasteiger partial charge on any atom is 0.258 e. The second-order valence-electron chi connectivity index (χ2n) is 12.3. The number of hydrogen-bond acceptors (Lipinski definition) is 7. The summed E-state index contributed by atoms with van der Waals surface area (Å²) < 4.78 is 84.6. The molecule has 0 radical (unpaired) electrons. The van der Waals surface area contributed by atoms with Gasteiger partial charge in [0.05, 0.1) is 31.7 Å². The van der Waals surface area contributed by atoms with Gasteiger partial charge in [-0.1, -0.05) is 29.8 Å². The van der Waals surface area contributed by atoms with Gasteiger partial charge in [-0.25, -0.2) is 26.9 Å². The smallest absolute Gasteiger partial charge is 0.258 e. The second kappa shape index (κ2) is 11.4. The van der Waals surface area contributed by atoms with Crippen molar-refractivity contribution in [3.63, 3.8) is 0 Å². The third-order valence-electron chi connectivity index (χ3n) is 10.1. The fraction of sp³-hybridized carbons (Fsp3) is 0.294. The van der Waals surface area contributed by atoms with Crippen molar-refractivity contribution >= 4 is 58.2 Å². The van der Waals surface area contributed by atoms with Gasteiger partial charge in [-0.3, -0.25) is 24.1 Å². The van der Waals surface area contributed by atoms with Crippen LogP contribution in [0, 0.1) is 46.8 Å². The molecule has 2 aliphatic heterocycles. The van der Waals surface area contributed by atoms with Crippen LogP contribution in [0.5, 0.6) is 17.2 Å². The molecule has 0 bridgehead atoms. The molecule has 1 N–H and O–H groups in total. The lowest BCUT2D eigenvalue weighted by molar-refractivity contribution is -0.125. The van der Waals surface area contributed by atoms with E-state index < -0.39 is 98.2 Å². The molecule has 4 amide bonds. The third-order valence-corrected chi connectivity index (χ3v) is 11.5. The Balaban J connectivity index is 1.49. The van der Waals surface area contributed by atoms with Gasteiger partial charge in [0.15, 0.2) is 33.0 Å². The summed E-state index contributed by atoms with van der Waals surface area (Å²) in [5.41, 5.74) is -1.54. The van der Waals surface area contributed by atoms with Crippen LogP contribution in [0.15, 0.2) is 54.1 Å². The number of nitrogens with zero attached hydrogens (tertiary/aromatic N) is 2. The summed E-state index contributed by atoms with van der Waals surface area (Å²) >= 11 is 14.4. The van der Waals surface area contributed by atoms with Crippen molar-refractivity contribution in [3.8, 4) is 17.2 Å². The predicted molar refractivity (Wildman–Crippen MR) is 167 cm³/mol. The van der Waals surface area contributed by atoms with Crippen molar-refractivity contribution < 1.29 is 55.7 Å². The second-order valence-corrected chi connectivity index (χ2v) is 13.5. The first-order valence-electron chi connectivity index (χ1n) is 15.0. The van der Waals surface area contributed by atoms with Crippen LogP contribution in [0.2, 0.25) is 0 Å². The van der Waals surface area contributed by atoms with E-state index in [9.17, 15) is 37.5 Å². The Morgan fingerprint density at radius 1 is 0.780 bits per heavy atom. The molecule has 0 unspecified atom stereocenters. The molecule has 0 spiro atoms. The molecule has 2 saturated heterocycles. The summed E-state index contributed by atoms with van der Waals surface area (Å²) in [6.45, 7) is 0. The van der Waals surface area contributed by atoms with Crippen LogP contribution in [0.25, 0.3) is 0 Å². The topological polar surface area (TPSA) is 113 Å². The van der Waals surface area contributed by atoms with Crippen LogP contribution in [0.3, 0.4) is 0 Å². The van der Waals surface area contributed by atoms with E-state index >= 15 is 8.78 Å². The fourth-order valence-corrected chi connectivity index (χ4v) is 8.84. The molecule has 2 heterocycles. The molecule has 0 aromatic heterocycles. The number of methoxy groups -OCH3 is 2. The number of aromatic hydroxyl groups is 1. The molecular formula is C34H23Cl2F5N2O7. The summed E-state index contributed by atoms with van der Waals surface area (Å²) in [7, 11) is 2.38. The van der Waals surface area contributed by atoms with Gasteiger partial charge in [-0.2, -0.15) is 0 Å². The van der Waals surface area contributed by atoms with Crippen molar-refractivity contribution in [3.05, 3.63) is 88.8 Å². The van der Waals surface area contributed by atoms with E-state index in [0.29, 0.717) is 0 Å². The molecule has 1 saturated carbocycles. The van der Waals surface area contributed by atoms with Crippen molar-refractivity contribution in [1.29, 1.82) is 0 Å². The molecule has 260 valence electrons. The van der Waals surface area contributed by atoms with Crippen molar-refractivity contribution in [2.45, 2.75) is 28.5 Å². The number of para-hydroxylation sites is 1. The lowest BCUT2D eigenvalue weighted by Crippen LogP contribution is -2.60. The lowest BCUT2D eigenvalue weighted by atomic mass is 9.56. The van der Waals surface area contributed by atoms with E-state index in [1.165, 1.54) is 14.2 Å². The van der Waals surface area contributed by atoms with E-state index in [-0.39, 0.29) is 45.4 Å². The van der Waals surface area contributed by atoms with Gasteiger partial charge in [0, 0.05) is 23.6 Å². The minimum absolute atomic E-state index is 0.0602. The van der Waals surface area contributed by atoms with Crippen LogP contribution in [0.1, 0.15) is 24.3 Å². The molecule has 2 aliphatic carbocycles. The SMILES string of the molecule is COc1cc(O)cc(OC)c1[C@H]1C2=CC[C@@H]3C(=O)N(c4ccccc4)C(=O)[C@@H]3[C@@H]2C[C@@]2(Cl)C(=O)N(c3c(F)c(F)c(F)c(F)c3F)C(=O)[C@@]12Cl. The molecule has 9 nitrogen and oxygen atoms in total. The highest BCUT2D eigenvalue weighted by Crippen LogP contribution is 2.67. The number of amides is 4. The van der Waals surface area contributed by atoms with Crippen LogP contribution in [-0.2, 0) is 19.2 Å². The largest absolute Gasteiger partial charge is 0.508 e. The van der Waals surface area contributed by atoms with E-state index in [1.54, 1.807) is 36.4 Å². The molecule has 50 heavy (non-hydrogen) atoms. The van der Waals surface area contributed by atoms with Crippen LogP contribution >= 0.6 is 23.2 Å². The molecule has 4 aliphatic rings. The highest BCUT2D eigenvalue weighted by Gasteiger charge is 2.77. The first-order chi connectivity index (χ1) is 23.6. The molecule has 3 aromatic rings. The predicted octanol–water partition coefficient (Wildman–Crippen LogP) is 5.87. The molecule has 3 aromatic carbocycles. The number of allylic oxidation sites excluding steroid dienone is 2. The highest BCUT2D eigenvalue weighted by atomic mass is 35.5. The maximum atomic E-state index is 15.3. The van der Waals surface area contributed by atoms with Crippen LogP contribution in [0.4, 0.5) is 33.3 Å². The minimum Gasteiger partial charge on any atom is -0.508 e. The summed E-state index contributed by atoms with van der Waals surface area (Å²) in [6, 6.07) is 10.3. The number of carbonyl (C=O) groups is 4. The van der Waals surface area contributed by atoms with Crippen molar-refractivity contribution in [2.75, 3.05) is 24.0 Å². The molecule has 7 rings (SSSR count). The molecule has 6 atom stereocenters. The average Bonchev–Trinajstić information content (AvgIpc) is 3.44. The van der Waals surface area contributed by atoms with E-state index in [1.807, 2.05) is 0 Å². The van der Waals surface area contributed by atoms with Crippen molar-refractivity contribution in [1.82, 2.24) is 0 Å². The number of rotatable bonds is 5. The number of imide groups is 2. The Kier molecular flexibility index (Phi) is 7.72. The zero-order valence-electron chi connectivity index (χ0n) is 25.8. The Morgan fingerprint density at radius 3 is 1.90 bits per heavy atom. The summed E-state index contributed by atoms with van der Waals surface area (Å²) in [5, 5.41) is 10.4. The number of carbonyl (C=O) groups excluding carboxylic acids is 4. The quantitative estimate of drug-likeness (QED) is 0.0871. The number of anilines is 2. The van der Waals surface area contributed by atoms with Crippen molar-refractivity contribution in [2.24, 2.45) is 17.8 Å². The number of phenolic OH excluding ortho intramolecular Hbond substituents is 1. The van der Waals surface area contributed by atoms with Gasteiger partial charge in [0.25, 0.3) is 11.8 Å². The van der Waals surface area contributed by atoms with Gasteiger partial charge < -0.3 is 14.6 Å². The van der Waals surface area contributed by atoms with Gasteiger partial charge in [-0.05, 0) is 30.9 Å². The van der Waals surface area contributed by atoms with Gasteiger partial charge in [-0.15, -0.1) is 23.2 Å². The normalized spacial score (nSPS) is 28.8. The number of benzene rings is 3. The van der Waals surface area contributed by atoms with E-state index in [4.69, 9.17) is 32.7 Å². The van der Waals surface area contributed by atoms with Crippen LogP contribution < -0.4 is 19.3 Å². The Bertz CT molecular complexity index is 2030. The zero-order chi connectivity index (χ0) is 36.2. The number of ether oxygens (including phenoxy) is 2. The van der Waals surface area contributed by atoms with Gasteiger partial charge in [0.2, 0.25) is 17.6 Å². The lowest BCUT2D eigenvalue weighted by Gasteiger charge is -2.51. The highest BCUT2D eigenvalue weighted by molar-refractivity contribution is 6.58. The summed E-state index contributed by atoms with van der Waals surface area (Å²) in [4.78, 5) is 52.0. The Morgan fingerprint density at radius 2 is 1.34 bits per heavy atom. The molecule has 16 heteroatoms. The summed E-state index contributed by atoms with van der Waals surface area (Å²) in [5.74, 6) is -22.6. The third kappa shape index (κ3) is 4.17. The zero-order valence-corrected chi connectivity index (χ0v) is 27.3. The molecular weight excluding hydrogens is 714 g/mol. The van der Waals surface area contributed by atoms with Gasteiger partial charge >= 0.3 is 0 Å². The fourth-order valence-electron chi connectivity index (χ4n) is 7.93. The monoisotopic (exact) mass is 736 g/mol. The maximum absolute atomic E-state index is 15.3. The van der Waals surface area contributed by atoms with E-state index in [2.05, 4.69) is 0 Å². The Labute approximate surface area is 289 Å². The van der Waals surface area contributed by atoms with Crippen LogP contribution in [-0.4, -0.2) is 52.7 Å². The number of phenols is 1. The Hall–Kier alpha value is -4.69. The minimum atomic E-state index is -2.80. The first kappa shape index (κ1) is 33.8. The van der Waals surface area contributed by atoms with Gasteiger partial charge in [0.1, 0.15) is 22.9 Å².